The summed E-state index contributed by atoms with van der Waals surface area (Å²) in [4.78, 5) is 60.7. The van der Waals surface area contributed by atoms with Crippen molar-refractivity contribution in [3.63, 3.8) is 0 Å². The molecule has 3 rings (SSSR count). The molecule has 7 unspecified atom stereocenters. The molecule has 12 nitrogen and oxygen atoms in total. The highest BCUT2D eigenvalue weighted by atomic mass is 31.2. The van der Waals surface area contributed by atoms with Crippen LogP contribution in [0.15, 0.2) is 21.9 Å². The molecular formula is C15H21N2O10P2-3. The summed E-state index contributed by atoms with van der Waals surface area (Å²) >= 11 is 0. The molecule has 0 spiro atoms. The Morgan fingerprint density at radius 1 is 1.24 bits per heavy atom. The average Bonchev–Trinajstić information content (AvgIpc) is 3.32. The van der Waals surface area contributed by atoms with E-state index in [4.69, 9.17) is 14.0 Å². The highest BCUT2D eigenvalue weighted by molar-refractivity contribution is 7.52. The number of methoxy groups -OCH3 is 1. The van der Waals surface area contributed by atoms with Gasteiger partial charge < -0.3 is 37.8 Å². The van der Waals surface area contributed by atoms with Gasteiger partial charge in [-0.15, -0.1) is 0 Å². The van der Waals surface area contributed by atoms with Crippen LogP contribution in [0.25, 0.3) is 0 Å². The Balaban J connectivity index is 1.99. The van der Waals surface area contributed by atoms with Gasteiger partial charge in [-0.25, -0.2) is 4.79 Å². The summed E-state index contributed by atoms with van der Waals surface area (Å²) < 4.78 is 41.2. The third-order valence-electron chi connectivity index (χ3n) is 5.16. The van der Waals surface area contributed by atoms with Crippen molar-refractivity contribution in [2.45, 2.75) is 56.1 Å². The van der Waals surface area contributed by atoms with Gasteiger partial charge in [-0.3, -0.25) is 14.3 Å². The van der Waals surface area contributed by atoms with Gasteiger partial charge in [0.1, 0.15) is 19.8 Å². The number of nitrogens with zero attached hydrogens (tertiary/aromatic N) is 1. The van der Waals surface area contributed by atoms with E-state index in [-0.39, 0.29) is 6.42 Å². The van der Waals surface area contributed by atoms with Crippen LogP contribution in [0, 0.1) is 5.92 Å². The zero-order valence-corrected chi connectivity index (χ0v) is 17.6. The van der Waals surface area contributed by atoms with Crippen LogP contribution in [-0.4, -0.2) is 46.3 Å². The normalized spacial score (nSPS) is 34.3. The average molecular weight is 451 g/mol. The highest BCUT2D eigenvalue weighted by Gasteiger charge is 2.58. The quantitative estimate of drug-likeness (QED) is 0.459. The fourth-order valence-electron chi connectivity index (χ4n) is 3.44. The predicted octanol–water partition coefficient (Wildman–Crippen LogP) is -1.90. The number of aromatic nitrogens is 2. The number of H-pyrrole nitrogens is 1. The Morgan fingerprint density at radius 2 is 1.90 bits per heavy atom. The Labute approximate surface area is 165 Å². The molecular weight excluding hydrogens is 430 g/mol. The molecule has 2 aliphatic rings. The van der Waals surface area contributed by atoms with Crippen LogP contribution >= 0.6 is 15.2 Å². The molecule has 0 amide bonds. The van der Waals surface area contributed by atoms with Crippen molar-refractivity contribution in [1.29, 1.82) is 0 Å². The summed E-state index contributed by atoms with van der Waals surface area (Å²) in [5.74, 6) is -0.797. The van der Waals surface area contributed by atoms with E-state index in [1.807, 2.05) is 4.98 Å². The van der Waals surface area contributed by atoms with Crippen molar-refractivity contribution in [2.24, 2.45) is 5.92 Å². The topological polar surface area (TPSA) is 186 Å². The van der Waals surface area contributed by atoms with Crippen molar-refractivity contribution in [1.82, 2.24) is 9.55 Å². The van der Waals surface area contributed by atoms with Crippen molar-refractivity contribution in [3.05, 3.63) is 33.1 Å². The van der Waals surface area contributed by atoms with Gasteiger partial charge in [0.15, 0.2) is 6.23 Å². The second-order valence-electron chi connectivity index (χ2n) is 7.42. The van der Waals surface area contributed by atoms with E-state index in [1.54, 1.807) is 0 Å². The molecule has 1 aliphatic carbocycles. The monoisotopic (exact) mass is 451 g/mol. The molecule has 29 heavy (non-hydrogen) atoms. The number of ether oxygens (including phenoxy) is 2. The fourth-order valence-corrected chi connectivity index (χ4v) is 5.40. The van der Waals surface area contributed by atoms with Gasteiger partial charge in [-0.05, 0) is 18.0 Å². The molecule has 1 aromatic heterocycles. The Morgan fingerprint density at radius 3 is 2.38 bits per heavy atom. The minimum absolute atomic E-state index is 0.0106. The fraction of sp³-hybridized carbons (Fsp3) is 0.733. The molecule has 1 N–H and O–H groups in total. The molecule has 0 aromatic carbocycles. The first kappa shape index (κ1) is 22.6. The van der Waals surface area contributed by atoms with E-state index in [1.165, 1.54) is 21.0 Å². The maximum atomic E-state index is 12.4. The van der Waals surface area contributed by atoms with Gasteiger partial charge in [-0.2, -0.15) is 0 Å². The van der Waals surface area contributed by atoms with Crippen LogP contribution in [-0.2, 0) is 23.1 Å². The van der Waals surface area contributed by atoms with E-state index < -0.39 is 68.2 Å². The van der Waals surface area contributed by atoms with Crippen molar-refractivity contribution >= 4 is 15.2 Å². The molecule has 1 saturated carbocycles. The van der Waals surface area contributed by atoms with Crippen molar-refractivity contribution < 1.29 is 37.8 Å². The second-order valence-corrected chi connectivity index (χ2v) is 11.5. The highest BCUT2D eigenvalue weighted by Crippen LogP contribution is 2.59. The number of rotatable bonds is 7. The lowest BCUT2D eigenvalue weighted by molar-refractivity contribution is -0.314. The number of hydrogen-bond donors (Lipinski definition) is 1. The van der Waals surface area contributed by atoms with Gasteiger partial charge in [0.25, 0.3) is 5.56 Å². The van der Waals surface area contributed by atoms with Gasteiger partial charge in [0.05, 0.1) is 6.10 Å². The van der Waals surface area contributed by atoms with Crippen LogP contribution in [0.4, 0.5) is 0 Å². The Kier molecular flexibility index (Phi) is 6.12. The molecule has 0 radical (unpaired) electrons. The maximum absolute atomic E-state index is 12.4. The smallest absolute Gasteiger partial charge is 0.330 e. The first-order valence-corrected chi connectivity index (χ1v) is 12.1. The van der Waals surface area contributed by atoms with Crippen molar-refractivity contribution in [3.8, 4) is 0 Å². The van der Waals surface area contributed by atoms with Gasteiger partial charge in [0.2, 0.25) is 0 Å². The summed E-state index contributed by atoms with van der Waals surface area (Å²) in [7, 11) is -8.05. The second kappa shape index (κ2) is 7.86. The molecule has 14 heteroatoms. The molecule has 1 aliphatic heterocycles. The molecule has 7 atom stereocenters. The Bertz CT molecular complexity index is 968. The molecule has 2 fully saturated rings. The van der Waals surface area contributed by atoms with E-state index in [0.29, 0.717) is 0 Å². The molecule has 1 saturated heterocycles. The maximum Gasteiger partial charge on any atom is 0.330 e. The minimum Gasteiger partial charge on any atom is -0.811 e. The molecule has 164 valence electrons. The third kappa shape index (κ3) is 4.50. The standard InChI is InChI=1S/C15H24N2O10P2/c1-7(2)29(23,24)27-12-11(8-6-9(8)28(20,21)22)26-14(13(12)25-3)17-5-4-10(18)16-15(17)19/h4-5,7-9,11-14H,6H2,1-3H3,(H,23,24)(H,16,18,19)(H2,20,21,22)/p-3. The molecule has 0 bridgehead atoms. The van der Waals surface area contributed by atoms with Gasteiger partial charge >= 0.3 is 5.69 Å². The number of aromatic amines is 1. The van der Waals surface area contributed by atoms with Crippen LogP contribution in [0.5, 0.6) is 0 Å². The zero-order chi connectivity index (χ0) is 21.7. The van der Waals surface area contributed by atoms with Crippen LogP contribution < -0.4 is 25.9 Å². The lowest BCUT2D eigenvalue weighted by atomic mass is 10.1. The third-order valence-corrected chi connectivity index (χ3v) is 8.37. The minimum atomic E-state index is -4.91. The lowest BCUT2D eigenvalue weighted by Crippen LogP contribution is -2.40. The summed E-state index contributed by atoms with van der Waals surface area (Å²) in [6.07, 6.45) is -3.59. The first-order valence-electron chi connectivity index (χ1n) is 8.87. The van der Waals surface area contributed by atoms with E-state index >= 15 is 0 Å². The van der Waals surface area contributed by atoms with E-state index in [2.05, 4.69) is 0 Å². The molecule has 2 heterocycles. The summed E-state index contributed by atoms with van der Waals surface area (Å²) in [5, 5.41) is 0. The van der Waals surface area contributed by atoms with E-state index in [9.17, 15) is 33.4 Å². The molecule has 1 aromatic rings. The number of nitrogens with one attached hydrogen (secondary N) is 1. The van der Waals surface area contributed by atoms with Gasteiger partial charge in [-0.1, -0.05) is 21.4 Å². The first-order chi connectivity index (χ1) is 13.4. The van der Waals surface area contributed by atoms with Crippen LogP contribution in [0.1, 0.15) is 26.5 Å². The van der Waals surface area contributed by atoms with Crippen molar-refractivity contribution in [2.75, 3.05) is 7.11 Å². The zero-order valence-electron chi connectivity index (χ0n) is 15.8. The number of hydrogen-bond acceptors (Lipinski definition) is 10. The van der Waals surface area contributed by atoms with Crippen LogP contribution in [0.2, 0.25) is 0 Å². The summed E-state index contributed by atoms with van der Waals surface area (Å²) in [6.45, 7) is 2.82. The largest absolute Gasteiger partial charge is 0.811 e. The van der Waals surface area contributed by atoms with E-state index in [0.717, 1.165) is 16.8 Å². The SMILES string of the molecule is COC1C(OP(=O)([O-])C(C)C)C(C2CC2P(=O)([O-])[O-])OC1n1ccc(=O)[nH]c1=O. The summed E-state index contributed by atoms with van der Waals surface area (Å²) in [5.41, 5.74) is -3.57. The Hall–Kier alpha value is -1.10. The predicted molar refractivity (Wildman–Crippen MR) is 93.1 cm³/mol. The lowest BCUT2D eigenvalue weighted by Gasteiger charge is -2.35. The van der Waals surface area contributed by atoms with Gasteiger partial charge in [0, 0.05) is 25.0 Å². The van der Waals surface area contributed by atoms with Crippen LogP contribution in [0.3, 0.4) is 0 Å². The summed E-state index contributed by atoms with van der Waals surface area (Å²) in [6, 6.07) is 1.07.